The zero-order valence-electron chi connectivity index (χ0n) is 13.1. The average molecular weight is 339 g/mol. The summed E-state index contributed by atoms with van der Waals surface area (Å²) in [6, 6.07) is 10.6. The van der Waals surface area contributed by atoms with Crippen molar-refractivity contribution in [2.75, 3.05) is 10.6 Å². The molecule has 1 heterocycles. The highest BCUT2D eigenvalue weighted by Crippen LogP contribution is 2.26. The van der Waals surface area contributed by atoms with E-state index in [-0.39, 0.29) is 17.2 Å². The lowest BCUT2D eigenvalue weighted by atomic mass is 10.1. The molecular weight excluding hydrogens is 326 g/mol. The second kappa shape index (κ2) is 6.44. The SMILES string of the molecule is CC(=O)Nc1ccc(NC(=O)c2coc3ccc([N+](=O)[O-])cc23)cc1. The van der Waals surface area contributed by atoms with E-state index in [0.717, 1.165) is 0 Å². The molecule has 0 aliphatic rings. The van der Waals surface area contributed by atoms with Crippen LogP contribution in [0.5, 0.6) is 0 Å². The van der Waals surface area contributed by atoms with Crippen LogP contribution in [0.25, 0.3) is 11.0 Å². The second-order valence-corrected chi connectivity index (χ2v) is 5.30. The van der Waals surface area contributed by atoms with Crippen molar-refractivity contribution >= 4 is 39.8 Å². The highest BCUT2D eigenvalue weighted by molar-refractivity contribution is 6.12. The fourth-order valence-electron chi connectivity index (χ4n) is 2.35. The number of carbonyl (C=O) groups is 2. The van der Waals surface area contributed by atoms with Crippen molar-refractivity contribution in [3.63, 3.8) is 0 Å². The monoisotopic (exact) mass is 339 g/mol. The molecule has 0 aliphatic heterocycles. The van der Waals surface area contributed by atoms with Crippen LogP contribution in [0.15, 0.2) is 53.1 Å². The van der Waals surface area contributed by atoms with E-state index in [1.807, 2.05) is 0 Å². The Kier molecular flexibility index (Phi) is 4.17. The number of anilines is 2. The molecule has 126 valence electrons. The van der Waals surface area contributed by atoms with Crippen molar-refractivity contribution in [2.24, 2.45) is 0 Å². The van der Waals surface area contributed by atoms with Gasteiger partial charge >= 0.3 is 0 Å². The number of nitrogens with zero attached hydrogens (tertiary/aromatic N) is 1. The molecule has 8 nitrogen and oxygen atoms in total. The van der Waals surface area contributed by atoms with Crippen molar-refractivity contribution in [3.05, 3.63) is 64.4 Å². The predicted octanol–water partition coefficient (Wildman–Crippen LogP) is 3.55. The van der Waals surface area contributed by atoms with Crippen LogP contribution in [0.1, 0.15) is 17.3 Å². The number of hydrogen-bond acceptors (Lipinski definition) is 5. The van der Waals surface area contributed by atoms with Crippen molar-refractivity contribution in [1.82, 2.24) is 0 Å². The smallest absolute Gasteiger partial charge is 0.270 e. The van der Waals surface area contributed by atoms with Gasteiger partial charge in [-0.1, -0.05) is 0 Å². The van der Waals surface area contributed by atoms with Gasteiger partial charge in [0.1, 0.15) is 11.8 Å². The Labute approximate surface area is 141 Å². The highest BCUT2D eigenvalue weighted by Gasteiger charge is 2.17. The minimum atomic E-state index is -0.533. The summed E-state index contributed by atoms with van der Waals surface area (Å²) in [4.78, 5) is 33.8. The van der Waals surface area contributed by atoms with Crippen LogP contribution in [-0.2, 0) is 4.79 Å². The lowest BCUT2D eigenvalue weighted by molar-refractivity contribution is -0.384. The van der Waals surface area contributed by atoms with E-state index in [2.05, 4.69) is 10.6 Å². The largest absolute Gasteiger partial charge is 0.463 e. The Bertz CT molecular complexity index is 976. The first-order chi connectivity index (χ1) is 11.9. The number of carbonyl (C=O) groups excluding carboxylic acids is 2. The molecule has 0 unspecified atom stereocenters. The van der Waals surface area contributed by atoms with E-state index < -0.39 is 10.8 Å². The van der Waals surface area contributed by atoms with Crippen LogP contribution >= 0.6 is 0 Å². The van der Waals surface area contributed by atoms with Gasteiger partial charge in [-0.25, -0.2) is 0 Å². The molecule has 8 heteroatoms. The van der Waals surface area contributed by atoms with Gasteiger partial charge in [0.25, 0.3) is 11.6 Å². The van der Waals surface area contributed by atoms with E-state index >= 15 is 0 Å². The Morgan fingerprint density at radius 2 is 1.68 bits per heavy atom. The van der Waals surface area contributed by atoms with Gasteiger partial charge in [-0.15, -0.1) is 0 Å². The first-order valence-corrected chi connectivity index (χ1v) is 7.28. The molecule has 0 aliphatic carbocycles. The van der Waals surface area contributed by atoms with Gasteiger partial charge in [-0.05, 0) is 30.3 Å². The fraction of sp³-hybridized carbons (Fsp3) is 0.0588. The van der Waals surface area contributed by atoms with E-state index in [1.165, 1.54) is 31.4 Å². The van der Waals surface area contributed by atoms with E-state index in [9.17, 15) is 19.7 Å². The molecule has 1 aromatic heterocycles. The molecule has 3 rings (SSSR count). The third-order valence-electron chi connectivity index (χ3n) is 3.48. The van der Waals surface area contributed by atoms with E-state index in [1.54, 1.807) is 24.3 Å². The van der Waals surface area contributed by atoms with Gasteiger partial charge in [-0.2, -0.15) is 0 Å². The summed E-state index contributed by atoms with van der Waals surface area (Å²) in [6.45, 7) is 1.40. The number of non-ortho nitro benzene ring substituents is 1. The number of hydrogen-bond donors (Lipinski definition) is 2. The minimum Gasteiger partial charge on any atom is -0.463 e. The molecule has 2 aromatic carbocycles. The third kappa shape index (κ3) is 3.47. The molecule has 0 radical (unpaired) electrons. The number of furan rings is 1. The fourth-order valence-corrected chi connectivity index (χ4v) is 2.35. The zero-order chi connectivity index (χ0) is 18.0. The van der Waals surface area contributed by atoms with Gasteiger partial charge in [0.2, 0.25) is 5.91 Å². The quantitative estimate of drug-likeness (QED) is 0.557. The molecule has 3 aromatic rings. The molecule has 25 heavy (non-hydrogen) atoms. The summed E-state index contributed by atoms with van der Waals surface area (Å²) in [5.41, 5.74) is 1.58. The van der Waals surface area contributed by atoms with E-state index in [4.69, 9.17) is 4.42 Å². The zero-order valence-corrected chi connectivity index (χ0v) is 13.1. The molecular formula is C17H13N3O5. The molecule has 0 fully saturated rings. The van der Waals surface area contributed by atoms with Gasteiger partial charge in [-0.3, -0.25) is 19.7 Å². The second-order valence-electron chi connectivity index (χ2n) is 5.30. The topological polar surface area (TPSA) is 114 Å². The Morgan fingerprint density at radius 3 is 2.28 bits per heavy atom. The Balaban J connectivity index is 1.83. The van der Waals surface area contributed by atoms with Crippen LogP contribution in [-0.4, -0.2) is 16.7 Å². The van der Waals surface area contributed by atoms with Crippen LogP contribution in [0, 0.1) is 10.1 Å². The molecule has 2 amide bonds. The first-order valence-electron chi connectivity index (χ1n) is 7.28. The summed E-state index contributed by atoms with van der Waals surface area (Å²) in [6.07, 6.45) is 1.26. The van der Waals surface area contributed by atoms with Crippen LogP contribution < -0.4 is 10.6 Å². The minimum absolute atomic E-state index is 0.123. The number of nitro benzene ring substituents is 1. The third-order valence-corrected chi connectivity index (χ3v) is 3.48. The maximum absolute atomic E-state index is 12.4. The van der Waals surface area contributed by atoms with Crippen LogP contribution in [0.2, 0.25) is 0 Å². The van der Waals surface area contributed by atoms with Gasteiger partial charge < -0.3 is 15.1 Å². The van der Waals surface area contributed by atoms with Crippen LogP contribution in [0.3, 0.4) is 0 Å². The summed E-state index contributed by atoms with van der Waals surface area (Å²) < 4.78 is 5.27. The normalized spacial score (nSPS) is 10.4. The van der Waals surface area contributed by atoms with Crippen molar-refractivity contribution in [1.29, 1.82) is 0 Å². The number of amides is 2. The molecule has 0 saturated heterocycles. The summed E-state index contributed by atoms with van der Waals surface area (Å²) in [5.74, 6) is -0.644. The molecule has 2 N–H and O–H groups in total. The molecule has 0 atom stereocenters. The summed E-state index contributed by atoms with van der Waals surface area (Å²) in [7, 11) is 0. The number of nitrogens with one attached hydrogen (secondary N) is 2. The molecule has 0 bridgehead atoms. The Hall–Kier alpha value is -3.68. The van der Waals surface area contributed by atoms with Crippen molar-refractivity contribution in [3.8, 4) is 0 Å². The van der Waals surface area contributed by atoms with Gasteiger partial charge in [0.05, 0.1) is 10.5 Å². The number of rotatable bonds is 4. The number of fused-ring (bicyclic) bond motifs is 1. The molecule has 0 saturated carbocycles. The lowest BCUT2D eigenvalue weighted by Gasteiger charge is -2.06. The molecule has 0 spiro atoms. The first kappa shape index (κ1) is 16.2. The van der Waals surface area contributed by atoms with Crippen molar-refractivity contribution < 1.29 is 18.9 Å². The maximum atomic E-state index is 12.4. The standard InChI is InChI=1S/C17H13N3O5/c1-10(21)18-11-2-4-12(5-3-11)19-17(22)15-9-25-16-7-6-13(20(23)24)8-14(15)16/h2-9H,1H3,(H,18,21)(H,19,22). The Morgan fingerprint density at radius 1 is 1.04 bits per heavy atom. The number of nitro groups is 1. The van der Waals surface area contributed by atoms with Crippen molar-refractivity contribution in [2.45, 2.75) is 6.92 Å². The maximum Gasteiger partial charge on any atom is 0.270 e. The predicted molar refractivity (Wildman–Crippen MR) is 91.6 cm³/mol. The summed E-state index contributed by atoms with van der Waals surface area (Å²) >= 11 is 0. The highest BCUT2D eigenvalue weighted by atomic mass is 16.6. The van der Waals surface area contributed by atoms with Gasteiger partial charge in [0.15, 0.2) is 0 Å². The lowest BCUT2D eigenvalue weighted by Crippen LogP contribution is -2.11. The van der Waals surface area contributed by atoms with E-state index in [0.29, 0.717) is 22.3 Å². The number of benzene rings is 2. The average Bonchev–Trinajstić information content (AvgIpc) is 2.99. The van der Waals surface area contributed by atoms with Crippen LogP contribution in [0.4, 0.5) is 17.1 Å². The summed E-state index contributed by atoms with van der Waals surface area (Å²) in [5, 5.41) is 16.6. The van der Waals surface area contributed by atoms with Gasteiger partial charge in [0, 0.05) is 35.8 Å².